The fraction of sp³-hybridized carbons (Fsp3) is 0.423. The van der Waals surface area contributed by atoms with E-state index in [0.717, 1.165) is 11.3 Å². The van der Waals surface area contributed by atoms with E-state index < -0.39 is 11.8 Å². The lowest BCUT2D eigenvalue weighted by Crippen LogP contribution is -2.38. The lowest BCUT2D eigenvalue weighted by molar-refractivity contribution is -0.146. The number of ketones is 1. The van der Waals surface area contributed by atoms with Gasteiger partial charge in [-0.05, 0) is 62.9 Å². The Hall–Kier alpha value is -3.35. The van der Waals surface area contributed by atoms with Crippen LogP contribution in [0.5, 0.6) is 11.5 Å². The van der Waals surface area contributed by atoms with Gasteiger partial charge in [-0.2, -0.15) is 0 Å². The Kier molecular flexibility index (Phi) is 6.40. The molecule has 174 valence electrons. The summed E-state index contributed by atoms with van der Waals surface area (Å²) < 4.78 is 22.0. The summed E-state index contributed by atoms with van der Waals surface area (Å²) >= 11 is 0. The van der Waals surface area contributed by atoms with Crippen molar-refractivity contribution < 1.29 is 28.2 Å². The average molecular weight is 452 g/mol. The molecule has 0 amide bonds. The summed E-state index contributed by atoms with van der Waals surface area (Å²) in [5.41, 5.74) is 2.89. The van der Waals surface area contributed by atoms with Crippen LogP contribution in [0.25, 0.3) is 0 Å². The van der Waals surface area contributed by atoms with Crippen LogP contribution < -0.4 is 9.47 Å². The number of benzene rings is 1. The Morgan fingerprint density at radius 2 is 1.85 bits per heavy atom. The third kappa shape index (κ3) is 4.19. The van der Waals surface area contributed by atoms with E-state index in [1.165, 1.54) is 0 Å². The highest BCUT2D eigenvalue weighted by atomic mass is 16.5. The molecular formula is C26H29NO6. The highest BCUT2D eigenvalue weighted by Gasteiger charge is 2.46. The summed E-state index contributed by atoms with van der Waals surface area (Å²) in [5.74, 6) is 0.884. The van der Waals surface area contributed by atoms with Gasteiger partial charge in [0.25, 0.3) is 0 Å². The Balaban J connectivity index is 1.76. The maximum absolute atomic E-state index is 13.5. The summed E-state index contributed by atoms with van der Waals surface area (Å²) in [6, 6.07) is 9.40. The minimum Gasteiger partial charge on any atom is -0.493 e. The Morgan fingerprint density at radius 1 is 1.09 bits per heavy atom. The molecule has 33 heavy (non-hydrogen) atoms. The molecule has 2 aliphatic rings. The van der Waals surface area contributed by atoms with Gasteiger partial charge in [-0.3, -0.25) is 14.6 Å². The van der Waals surface area contributed by atoms with Gasteiger partial charge >= 0.3 is 5.97 Å². The van der Waals surface area contributed by atoms with Crippen molar-refractivity contribution in [1.82, 2.24) is 0 Å². The number of furan rings is 1. The van der Waals surface area contributed by atoms with Gasteiger partial charge in [-0.25, -0.2) is 0 Å². The molecule has 2 aromatic rings. The topological polar surface area (TPSA) is 87.3 Å². The van der Waals surface area contributed by atoms with Gasteiger partial charge in [0.1, 0.15) is 17.4 Å². The van der Waals surface area contributed by atoms with E-state index in [4.69, 9.17) is 23.6 Å². The minimum atomic E-state index is -0.684. The number of nitrogens with zero attached hydrogens (tertiary/aromatic N) is 1. The molecule has 4 rings (SSSR count). The normalized spacial score (nSPS) is 22.5. The lowest BCUT2D eigenvalue weighted by atomic mass is 9.70. The van der Waals surface area contributed by atoms with E-state index in [0.29, 0.717) is 47.1 Å². The number of Topliss-reactive ketones (excluding diaryl/α,β-unsaturated/α-hetero) is 1. The number of ether oxygens (including phenoxy) is 3. The SMILES string of the molecule is CCOC(=O)C1C(C)=NC2=C(C(=O)CC(c3ccc(OC)c(OC)c3)C2)C1c1ccc(C)o1. The molecule has 0 N–H and O–H groups in total. The maximum Gasteiger partial charge on any atom is 0.315 e. The van der Waals surface area contributed by atoms with Crippen LogP contribution in [0.3, 0.4) is 0 Å². The Morgan fingerprint density at radius 3 is 2.48 bits per heavy atom. The van der Waals surface area contributed by atoms with Crippen molar-refractivity contribution >= 4 is 17.5 Å². The van der Waals surface area contributed by atoms with Gasteiger partial charge in [0.15, 0.2) is 17.3 Å². The van der Waals surface area contributed by atoms with E-state index in [9.17, 15) is 9.59 Å². The van der Waals surface area contributed by atoms with Crippen LogP contribution in [0.15, 0.2) is 51.0 Å². The third-order valence-electron chi connectivity index (χ3n) is 6.38. The van der Waals surface area contributed by atoms with E-state index >= 15 is 0 Å². The monoisotopic (exact) mass is 451 g/mol. The second kappa shape index (κ2) is 9.25. The van der Waals surface area contributed by atoms with E-state index in [1.807, 2.05) is 44.2 Å². The minimum absolute atomic E-state index is 0.0272. The van der Waals surface area contributed by atoms with Gasteiger partial charge in [0, 0.05) is 23.4 Å². The Bertz CT molecular complexity index is 1140. The average Bonchev–Trinajstić information content (AvgIpc) is 3.23. The second-order valence-corrected chi connectivity index (χ2v) is 8.41. The molecular weight excluding hydrogens is 422 g/mol. The number of esters is 1. The van der Waals surface area contributed by atoms with E-state index in [-0.39, 0.29) is 24.3 Å². The fourth-order valence-electron chi connectivity index (χ4n) is 4.87. The first-order valence-electron chi connectivity index (χ1n) is 11.1. The number of hydrogen-bond donors (Lipinski definition) is 0. The number of methoxy groups -OCH3 is 2. The predicted molar refractivity (Wildman–Crippen MR) is 123 cm³/mol. The molecule has 3 atom stereocenters. The molecule has 1 aromatic heterocycles. The van der Waals surface area contributed by atoms with Crippen LogP contribution in [0.1, 0.15) is 55.6 Å². The van der Waals surface area contributed by atoms with Crippen molar-refractivity contribution in [1.29, 1.82) is 0 Å². The van der Waals surface area contributed by atoms with E-state index in [1.54, 1.807) is 21.1 Å². The van der Waals surface area contributed by atoms with Crippen LogP contribution in [-0.4, -0.2) is 38.3 Å². The molecule has 1 aliphatic heterocycles. The first-order valence-corrected chi connectivity index (χ1v) is 11.1. The molecule has 0 fully saturated rings. The number of rotatable bonds is 6. The van der Waals surface area contributed by atoms with Crippen LogP contribution in [-0.2, 0) is 14.3 Å². The van der Waals surface area contributed by atoms with Crippen molar-refractivity contribution in [2.75, 3.05) is 20.8 Å². The number of hydrogen-bond acceptors (Lipinski definition) is 7. The second-order valence-electron chi connectivity index (χ2n) is 8.41. The molecule has 1 aromatic carbocycles. The molecule has 0 spiro atoms. The highest BCUT2D eigenvalue weighted by Crippen LogP contribution is 2.47. The van der Waals surface area contributed by atoms with Crippen LogP contribution in [0, 0.1) is 12.8 Å². The first kappa shape index (κ1) is 22.8. The standard InChI is InChI=1S/C26H29NO6/c1-6-32-26(29)23-15(3)27-18-11-17(16-8-10-20(30-4)22(13-16)31-5)12-19(28)24(18)25(23)21-9-7-14(2)33-21/h7-10,13,17,23,25H,6,11-12H2,1-5H3. The largest absolute Gasteiger partial charge is 0.493 e. The number of carbonyl (C=O) groups is 2. The fourth-order valence-corrected chi connectivity index (χ4v) is 4.87. The molecule has 0 radical (unpaired) electrons. The quantitative estimate of drug-likeness (QED) is 0.590. The van der Waals surface area contributed by atoms with Gasteiger partial charge in [0.05, 0.1) is 26.7 Å². The van der Waals surface area contributed by atoms with Gasteiger partial charge < -0.3 is 18.6 Å². The molecule has 1 aliphatic carbocycles. The van der Waals surface area contributed by atoms with Crippen LogP contribution in [0.4, 0.5) is 0 Å². The van der Waals surface area contributed by atoms with Crippen molar-refractivity contribution in [2.45, 2.75) is 45.4 Å². The lowest BCUT2D eigenvalue weighted by Gasteiger charge is -2.35. The van der Waals surface area contributed by atoms with Crippen molar-refractivity contribution in [3.63, 3.8) is 0 Å². The predicted octanol–water partition coefficient (Wildman–Crippen LogP) is 4.74. The summed E-state index contributed by atoms with van der Waals surface area (Å²) in [7, 11) is 3.18. The number of allylic oxidation sites excluding steroid dienone is 2. The molecule has 3 unspecified atom stereocenters. The first-order chi connectivity index (χ1) is 15.9. The summed E-state index contributed by atoms with van der Waals surface area (Å²) in [5, 5.41) is 0. The summed E-state index contributed by atoms with van der Waals surface area (Å²) in [6.45, 7) is 5.69. The zero-order valence-corrected chi connectivity index (χ0v) is 19.6. The maximum atomic E-state index is 13.5. The Labute approximate surface area is 193 Å². The summed E-state index contributed by atoms with van der Waals surface area (Å²) in [4.78, 5) is 31.2. The third-order valence-corrected chi connectivity index (χ3v) is 6.38. The number of carbonyl (C=O) groups excluding carboxylic acids is 2. The molecule has 0 saturated carbocycles. The smallest absolute Gasteiger partial charge is 0.315 e. The van der Waals surface area contributed by atoms with Crippen molar-refractivity contribution in [3.05, 3.63) is 58.7 Å². The number of aryl methyl sites for hydroxylation is 1. The van der Waals surface area contributed by atoms with Crippen molar-refractivity contribution in [2.24, 2.45) is 10.9 Å². The van der Waals surface area contributed by atoms with Gasteiger partial charge in [0.2, 0.25) is 0 Å². The highest BCUT2D eigenvalue weighted by molar-refractivity contribution is 6.09. The molecule has 7 nitrogen and oxygen atoms in total. The molecule has 2 heterocycles. The van der Waals surface area contributed by atoms with Crippen LogP contribution in [0.2, 0.25) is 0 Å². The zero-order chi connectivity index (χ0) is 23.7. The van der Waals surface area contributed by atoms with E-state index in [2.05, 4.69) is 0 Å². The number of aliphatic imine (C=N–C) groups is 1. The van der Waals surface area contributed by atoms with Gasteiger partial charge in [-0.15, -0.1) is 0 Å². The molecule has 7 heteroatoms. The van der Waals surface area contributed by atoms with Gasteiger partial charge in [-0.1, -0.05) is 6.07 Å². The molecule has 0 bridgehead atoms. The zero-order valence-electron chi connectivity index (χ0n) is 19.6. The molecule has 0 saturated heterocycles. The van der Waals surface area contributed by atoms with Crippen molar-refractivity contribution in [3.8, 4) is 11.5 Å². The summed E-state index contributed by atoms with van der Waals surface area (Å²) in [6.07, 6.45) is 0.897. The van der Waals surface area contributed by atoms with Crippen LogP contribution >= 0.6 is 0 Å².